The Bertz CT molecular complexity index is 1180. The lowest BCUT2D eigenvalue weighted by molar-refractivity contribution is -0.132. The molecule has 0 unspecified atom stereocenters. The average molecular weight is 487 g/mol. The Balaban J connectivity index is 1.42. The number of hydrogen-bond donors (Lipinski definition) is 1. The number of anilines is 1. The molecule has 2 atom stereocenters. The number of pyridine rings is 2. The molecule has 4 heterocycles. The van der Waals surface area contributed by atoms with E-state index in [2.05, 4.69) is 36.5 Å². The topological polar surface area (TPSA) is 111 Å². The number of nitrogens with zero attached hydrogens (tertiary/aromatic N) is 7. The minimum Gasteiger partial charge on any atom is -0.417 e. The quantitative estimate of drug-likeness (QED) is 0.517. The van der Waals surface area contributed by atoms with Gasteiger partial charge < -0.3 is 15.0 Å². The largest absolute Gasteiger partial charge is 0.417 e. The lowest BCUT2D eigenvalue weighted by Crippen LogP contribution is -2.43. The molecule has 0 bridgehead atoms. The van der Waals surface area contributed by atoms with Gasteiger partial charge in [-0.1, -0.05) is 6.07 Å². The van der Waals surface area contributed by atoms with Gasteiger partial charge in [-0.15, -0.1) is 10.2 Å². The fraction of sp³-hybridized carbons (Fsp3) is 0.478. The van der Waals surface area contributed by atoms with Gasteiger partial charge in [0.05, 0.1) is 18.7 Å². The molecule has 1 N–H and O–H groups in total. The number of alkyl halides is 2. The highest BCUT2D eigenvalue weighted by Crippen LogP contribution is 2.29. The summed E-state index contributed by atoms with van der Waals surface area (Å²) in [5.41, 5.74) is 3.37. The minimum atomic E-state index is -2.94. The molecule has 12 heteroatoms. The second-order valence-electron chi connectivity index (χ2n) is 8.52. The van der Waals surface area contributed by atoms with Gasteiger partial charge in [0.1, 0.15) is 5.82 Å². The number of rotatable bonds is 8. The predicted octanol–water partition coefficient (Wildman–Crippen LogP) is 2.96. The van der Waals surface area contributed by atoms with E-state index in [1.165, 1.54) is 17.1 Å². The van der Waals surface area contributed by atoms with Crippen LogP contribution in [-0.4, -0.2) is 66.7 Å². The summed E-state index contributed by atoms with van der Waals surface area (Å²) >= 11 is 0. The summed E-state index contributed by atoms with van der Waals surface area (Å²) in [7, 11) is 1.72. The zero-order valence-corrected chi connectivity index (χ0v) is 20.1. The number of carbonyl (C=O) groups is 1. The van der Waals surface area contributed by atoms with Crippen LogP contribution in [0.3, 0.4) is 0 Å². The van der Waals surface area contributed by atoms with Crippen LogP contribution in [0.4, 0.5) is 14.6 Å². The number of carbonyl (C=O) groups excluding carboxylic acids is 1. The summed E-state index contributed by atoms with van der Waals surface area (Å²) in [4.78, 5) is 25.0. The van der Waals surface area contributed by atoms with Crippen LogP contribution >= 0.6 is 0 Å². The molecule has 0 saturated heterocycles. The average Bonchev–Trinajstić information content (AvgIpc) is 3.27. The monoisotopic (exact) mass is 486 g/mol. The number of tetrazole rings is 1. The molecule has 0 saturated carbocycles. The van der Waals surface area contributed by atoms with Gasteiger partial charge in [0.2, 0.25) is 17.6 Å². The minimum absolute atomic E-state index is 0.0472. The van der Waals surface area contributed by atoms with Gasteiger partial charge in [-0.2, -0.15) is 13.6 Å². The Hall–Kier alpha value is -3.70. The van der Waals surface area contributed by atoms with Crippen LogP contribution in [0.25, 0.3) is 11.4 Å². The van der Waals surface area contributed by atoms with E-state index < -0.39 is 12.5 Å². The first kappa shape index (κ1) is 24.4. The number of halogens is 2. The van der Waals surface area contributed by atoms with E-state index in [0.717, 1.165) is 35.5 Å². The van der Waals surface area contributed by atoms with Crippen molar-refractivity contribution in [3.63, 3.8) is 0 Å². The highest BCUT2D eigenvalue weighted by atomic mass is 19.3. The Morgan fingerprint density at radius 2 is 2.17 bits per heavy atom. The van der Waals surface area contributed by atoms with Crippen LogP contribution in [0, 0.1) is 6.92 Å². The molecule has 1 aliphatic heterocycles. The van der Waals surface area contributed by atoms with E-state index in [0.29, 0.717) is 24.5 Å². The lowest BCUT2D eigenvalue weighted by atomic mass is 9.97. The van der Waals surface area contributed by atoms with E-state index >= 15 is 0 Å². The Morgan fingerprint density at radius 1 is 1.37 bits per heavy atom. The van der Waals surface area contributed by atoms with Crippen molar-refractivity contribution < 1.29 is 18.3 Å². The molecule has 0 spiro atoms. The fourth-order valence-corrected chi connectivity index (χ4v) is 4.18. The maximum Gasteiger partial charge on any atom is 0.388 e. The van der Waals surface area contributed by atoms with Crippen molar-refractivity contribution in [3.8, 4) is 17.3 Å². The van der Waals surface area contributed by atoms with Crippen molar-refractivity contribution in [1.82, 2.24) is 35.1 Å². The second kappa shape index (κ2) is 10.3. The van der Waals surface area contributed by atoms with Crippen LogP contribution in [-0.2, 0) is 18.3 Å². The van der Waals surface area contributed by atoms with Gasteiger partial charge in [-0.25, -0.2) is 9.97 Å². The molecule has 1 aliphatic rings. The van der Waals surface area contributed by atoms with Gasteiger partial charge in [0.25, 0.3) is 0 Å². The fourth-order valence-electron chi connectivity index (χ4n) is 4.18. The van der Waals surface area contributed by atoms with Crippen LogP contribution in [0.2, 0.25) is 0 Å². The Kier molecular flexibility index (Phi) is 7.17. The molecular formula is C23H28F2N8O2. The van der Waals surface area contributed by atoms with E-state index in [4.69, 9.17) is 4.98 Å². The number of hydrogen-bond acceptors (Lipinski definition) is 8. The first-order valence-electron chi connectivity index (χ1n) is 11.5. The van der Waals surface area contributed by atoms with Gasteiger partial charge in [0.15, 0.2) is 0 Å². The molecule has 186 valence electrons. The summed E-state index contributed by atoms with van der Waals surface area (Å²) in [5.74, 6) is 0.644. The van der Waals surface area contributed by atoms with Crippen LogP contribution in [0.15, 0.2) is 24.4 Å². The molecule has 0 radical (unpaired) electrons. The Labute approximate surface area is 201 Å². The van der Waals surface area contributed by atoms with Crippen molar-refractivity contribution in [2.24, 2.45) is 7.05 Å². The van der Waals surface area contributed by atoms with Gasteiger partial charge in [0, 0.05) is 37.0 Å². The summed E-state index contributed by atoms with van der Waals surface area (Å²) in [6.07, 6.45) is 3.05. The van der Waals surface area contributed by atoms with Crippen LogP contribution in [0.5, 0.6) is 5.88 Å². The predicted molar refractivity (Wildman–Crippen MR) is 124 cm³/mol. The third-order valence-corrected chi connectivity index (χ3v) is 6.12. The normalized spacial score (nSPS) is 15.9. The zero-order valence-electron chi connectivity index (χ0n) is 20.1. The molecule has 0 aliphatic carbocycles. The highest BCUT2D eigenvalue weighted by molar-refractivity contribution is 5.83. The molecular weight excluding hydrogens is 458 g/mol. The van der Waals surface area contributed by atoms with E-state index in [1.807, 2.05) is 13.8 Å². The third kappa shape index (κ3) is 5.52. The maximum atomic E-state index is 13.2. The van der Waals surface area contributed by atoms with Crippen molar-refractivity contribution in [1.29, 1.82) is 0 Å². The zero-order chi connectivity index (χ0) is 25.1. The van der Waals surface area contributed by atoms with Crippen molar-refractivity contribution >= 4 is 11.7 Å². The summed E-state index contributed by atoms with van der Waals surface area (Å²) in [6.45, 7) is 3.75. The number of likely N-dealkylation sites (N-methyl/N-ethyl adjacent to an activating group) is 1. The third-order valence-electron chi connectivity index (χ3n) is 6.12. The van der Waals surface area contributed by atoms with E-state index in [9.17, 15) is 13.6 Å². The first-order valence-corrected chi connectivity index (χ1v) is 11.5. The number of nitrogens with one attached hydrogen (secondary N) is 1. The van der Waals surface area contributed by atoms with Crippen LogP contribution in [0.1, 0.15) is 43.0 Å². The van der Waals surface area contributed by atoms with E-state index in [1.54, 1.807) is 24.9 Å². The molecule has 35 heavy (non-hydrogen) atoms. The molecule has 3 aromatic rings. The number of fused-ring (bicyclic) bond motifs is 1. The molecule has 10 nitrogen and oxygen atoms in total. The van der Waals surface area contributed by atoms with Crippen molar-refractivity contribution in [2.45, 2.75) is 52.2 Å². The van der Waals surface area contributed by atoms with Crippen molar-refractivity contribution in [2.75, 3.05) is 18.4 Å². The molecule has 1 amide bonds. The molecule has 3 aromatic heterocycles. The second-order valence-corrected chi connectivity index (χ2v) is 8.52. The van der Waals surface area contributed by atoms with Gasteiger partial charge in [-0.3, -0.25) is 4.79 Å². The number of aromatic nitrogens is 6. The smallest absolute Gasteiger partial charge is 0.388 e. The molecule has 0 fully saturated rings. The lowest BCUT2D eigenvalue weighted by Gasteiger charge is -2.32. The highest BCUT2D eigenvalue weighted by Gasteiger charge is 2.27. The Morgan fingerprint density at radius 3 is 2.80 bits per heavy atom. The summed E-state index contributed by atoms with van der Waals surface area (Å²) in [6, 6.07) is 5.04. The SMILES string of the molecule is CCN(C[C@H]1CCc2cc(-c3nnn(C)n3)c(C)nc2N1)C(=O)[C@@H](C)c1ccc(OC(F)F)nc1. The summed E-state index contributed by atoms with van der Waals surface area (Å²) in [5, 5.41) is 15.8. The molecule has 4 rings (SSSR count). The van der Waals surface area contributed by atoms with E-state index in [-0.39, 0.29) is 17.8 Å². The first-order chi connectivity index (χ1) is 16.7. The number of aryl methyl sites for hydroxylation is 3. The molecule has 0 aromatic carbocycles. The van der Waals surface area contributed by atoms with Crippen LogP contribution < -0.4 is 10.1 Å². The number of amides is 1. The summed E-state index contributed by atoms with van der Waals surface area (Å²) < 4.78 is 29.0. The van der Waals surface area contributed by atoms with Crippen molar-refractivity contribution in [3.05, 3.63) is 41.2 Å². The maximum absolute atomic E-state index is 13.2. The van der Waals surface area contributed by atoms with Gasteiger partial charge >= 0.3 is 6.61 Å². The standard InChI is InChI=1S/C23H28F2N8O2/c1-5-33(22(34)13(2)16-7-9-19(26-11-16)35-23(24)25)12-17-8-6-15-10-18(14(3)27-20(15)28-17)21-29-31-32(4)30-21/h7,9-11,13,17,23H,5-6,8,12H2,1-4H3,(H,27,28)/t13-,17+/m0/s1. The number of ether oxygens (including phenoxy) is 1. The van der Waals surface area contributed by atoms with Gasteiger partial charge in [-0.05, 0) is 56.0 Å².